The van der Waals surface area contributed by atoms with Gasteiger partial charge in [-0.05, 0) is 0 Å². The molecule has 0 aromatic heterocycles. The maximum atomic E-state index is 3.08. The molecule has 0 saturated heterocycles. The third-order valence-corrected chi connectivity index (χ3v) is 45.0. The van der Waals surface area contributed by atoms with Gasteiger partial charge in [-0.2, -0.15) is 0 Å². The Morgan fingerprint density at radius 3 is 0.577 bits per heavy atom. The minimum absolute atomic E-state index is 0. The van der Waals surface area contributed by atoms with Crippen LogP contribution in [0.1, 0.15) is 44.4 Å². The third-order valence-electron chi connectivity index (χ3n) is 16.3. The zero-order chi connectivity index (χ0) is 53.6. The molecule has 14 heteroatoms. The summed E-state index contributed by atoms with van der Waals surface area (Å²) in [5, 5.41) is 22.0. The standard InChI is InChI=1S/C57H105Si10.3ClH.Ti/c1-38-39(2)41(4)51(40(38)3)67(48-35-45(58(8,9)10)42(5)52(61(17,18)19)55(48)64(26,27)28,49-36-46(59(11,12)13)43(6)53(62(20,21)22)56(49)65(29,30)31)50-37-47(60(14,15)16)44(7)54(63(23,24)25)57(50)66(32,33)34;;;;/h35-37H,1-34H3;3*1H;/q;;;;+3/p-3. The number of allylic oxidation sites excluding steroid dienone is 4. The molecule has 0 N–H and O–H groups in total. The molecule has 0 unspecified atom stereocenters. The van der Waals surface area contributed by atoms with Crippen molar-refractivity contribution in [2.45, 2.75) is 229 Å². The first-order valence-corrected chi connectivity index (χ1v) is 60.8. The first-order chi connectivity index (χ1) is 29.8. The van der Waals surface area contributed by atoms with E-state index in [1.54, 1.807) is 54.5 Å². The summed E-state index contributed by atoms with van der Waals surface area (Å²) in [6.07, 6.45) is 0. The van der Waals surface area contributed by atoms with Gasteiger partial charge in [-0.3, -0.25) is 0 Å². The van der Waals surface area contributed by atoms with Gasteiger partial charge >= 0.3 is 449 Å². The van der Waals surface area contributed by atoms with Gasteiger partial charge in [-0.25, -0.2) is 0 Å². The summed E-state index contributed by atoms with van der Waals surface area (Å²) in [7, 11) is -21.4. The van der Waals surface area contributed by atoms with Crippen molar-refractivity contribution in [3.63, 3.8) is 0 Å². The van der Waals surface area contributed by atoms with Gasteiger partial charge in [0.15, 0.2) is 0 Å². The summed E-state index contributed by atoms with van der Waals surface area (Å²) in [5.74, 6) is 0. The van der Waals surface area contributed by atoms with E-state index in [-0.39, 0.29) is 40.6 Å². The Bertz CT molecular complexity index is 2330. The monoisotopic (exact) mass is 1220 g/mol. The van der Waals surface area contributed by atoms with Crippen LogP contribution in [0.25, 0.3) is 0 Å². The van der Waals surface area contributed by atoms with Crippen LogP contribution >= 0.6 is 0 Å². The molecule has 1 aliphatic rings. The third kappa shape index (κ3) is 12.2. The molecular formula is C57H105Cl3Si10Ti. The van der Waals surface area contributed by atoms with E-state index < -0.39 is 80.7 Å². The fourth-order valence-electron chi connectivity index (χ4n) is 13.7. The van der Waals surface area contributed by atoms with Crippen LogP contribution in [0.4, 0.5) is 0 Å². The van der Waals surface area contributed by atoms with Gasteiger partial charge in [0.25, 0.3) is 0 Å². The van der Waals surface area contributed by atoms with Crippen LogP contribution < -0.4 is 99.5 Å². The summed E-state index contributed by atoms with van der Waals surface area (Å²) >= 11 is 2.90. The quantitative estimate of drug-likeness (QED) is 0.182. The molecule has 0 bridgehead atoms. The maximum absolute atomic E-state index is 3.40. The van der Waals surface area contributed by atoms with E-state index in [4.69, 9.17) is 0 Å². The molecule has 0 atom stereocenters. The van der Waals surface area contributed by atoms with E-state index in [0.717, 1.165) is 0 Å². The zero-order valence-corrected chi connectivity index (χ0v) is 66.2. The second-order valence-electron chi connectivity index (χ2n) is 31.3. The van der Waals surface area contributed by atoms with Gasteiger partial charge in [-0.15, -0.1) is 0 Å². The van der Waals surface area contributed by atoms with Gasteiger partial charge in [0, 0.05) is 0 Å². The maximum Gasteiger partial charge on any atom is -1.00 e. The van der Waals surface area contributed by atoms with E-state index in [2.05, 4.69) is 264 Å². The molecule has 4 rings (SSSR count). The number of rotatable bonds is 13. The van der Waals surface area contributed by atoms with E-state index in [1.807, 2.05) is 46.7 Å². The minimum Gasteiger partial charge on any atom is -1.00 e. The number of hydrogen-bond donors (Lipinski definition) is 0. The number of hydrogen-bond acceptors (Lipinski definition) is 0. The fraction of sp³-hybridized carbons (Fsp3) is 0.614. The Balaban J connectivity index is 0.00000840. The largest absolute Gasteiger partial charge is 1.00 e. The Kier molecular flexibility index (Phi) is 21.2. The van der Waals surface area contributed by atoms with Crippen molar-refractivity contribution in [3.05, 3.63) is 57.2 Å². The van der Waals surface area contributed by atoms with Crippen LogP contribution in [0.3, 0.4) is 0 Å². The van der Waals surface area contributed by atoms with E-state index in [9.17, 15) is 0 Å². The molecule has 0 aliphatic heterocycles. The second kappa shape index (κ2) is 21.5. The molecular weight excluding hydrogens is 1120 g/mol. The van der Waals surface area contributed by atoms with Crippen molar-refractivity contribution in [3.8, 4) is 0 Å². The van der Waals surface area contributed by atoms with Gasteiger partial charge < -0.3 is 37.2 Å². The van der Waals surface area contributed by atoms with Crippen molar-refractivity contribution in [2.75, 3.05) is 0 Å². The molecule has 0 fully saturated rings. The normalized spacial score (nSPS) is 15.8. The van der Waals surface area contributed by atoms with Crippen LogP contribution in [0.2, 0.25) is 180 Å². The number of benzene rings is 3. The van der Waals surface area contributed by atoms with Crippen LogP contribution in [0.5, 0.6) is 0 Å². The molecule has 1 aliphatic carbocycles. The van der Waals surface area contributed by atoms with Crippen molar-refractivity contribution in [1.29, 1.82) is 0 Å². The topological polar surface area (TPSA) is 0 Å². The van der Waals surface area contributed by atoms with Gasteiger partial charge in [0.2, 0.25) is 0 Å². The van der Waals surface area contributed by atoms with E-state index >= 15 is 0 Å². The average molecular weight is 1230 g/mol. The molecule has 0 radical (unpaired) electrons. The first-order valence-electron chi connectivity index (χ1n) is 26.5. The van der Waals surface area contributed by atoms with E-state index in [1.165, 1.54) is 0 Å². The summed E-state index contributed by atoms with van der Waals surface area (Å²) in [4.78, 5) is 0. The van der Waals surface area contributed by atoms with Gasteiger partial charge in [0.1, 0.15) is 0 Å². The summed E-state index contributed by atoms with van der Waals surface area (Å²) < 4.78 is -0.202. The molecule has 0 nitrogen and oxygen atoms in total. The van der Waals surface area contributed by atoms with Crippen LogP contribution in [-0.4, -0.2) is 80.7 Å². The summed E-state index contributed by atoms with van der Waals surface area (Å²) in [6.45, 7) is 91.8. The predicted octanol–water partition coefficient (Wildman–Crippen LogP) is 1.93. The molecule has 0 amide bonds. The Hall–Kier alpha value is 0.893. The molecule has 3 aromatic rings. The molecule has 3 aromatic carbocycles. The Morgan fingerprint density at radius 1 is 0.268 bits per heavy atom. The van der Waals surface area contributed by atoms with Gasteiger partial charge in [-0.1, -0.05) is 0 Å². The fourth-order valence-corrected chi connectivity index (χ4v) is 52.7. The molecule has 398 valence electrons. The molecule has 0 spiro atoms. The zero-order valence-electron chi connectivity index (χ0n) is 52.4. The summed E-state index contributed by atoms with van der Waals surface area (Å²) in [5.41, 5.74) is 11.5. The van der Waals surface area contributed by atoms with Crippen molar-refractivity contribution >= 4 is 143 Å². The SMILES string of the molecule is CC1=C(C)[C]([Ti+3])([Si](c2cc([Si](C)(C)C)c(C)c([Si](C)(C)C)c2[Si](C)(C)C)(c2cc([Si](C)(C)C)c(C)c([Si](C)(C)C)c2[Si](C)(C)C)c2cc([Si](C)(C)C)c(C)c([Si](C)(C)C)c2[Si](C)(C)C)C(C)=C1C.[Cl-].[Cl-].[Cl-]. The van der Waals surface area contributed by atoms with Gasteiger partial charge in [0.05, 0.1) is 0 Å². The molecule has 0 saturated carbocycles. The van der Waals surface area contributed by atoms with Crippen molar-refractivity contribution < 1.29 is 57.7 Å². The smallest absolute Gasteiger partial charge is 1.00 e. The number of halogens is 3. The summed E-state index contributed by atoms with van der Waals surface area (Å²) in [6, 6.07) is 9.23. The molecule has 0 heterocycles. The van der Waals surface area contributed by atoms with Crippen LogP contribution in [-0.2, 0) is 20.4 Å². The average Bonchev–Trinajstić information content (AvgIpc) is 3.23. The minimum atomic E-state index is -3.40. The predicted molar refractivity (Wildman–Crippen MR) is 344 cm³/mol. The first kappa shape index (κ1) is 69.9. The molecule has 71 heavy (non-hydrogen) atoms. The van der Waals surface area contributed by atoms with Crippen molar-refractivity contribution in [1.82, 2.24) is 0 Å². The Labute approximate surface area is 481 Å². The van der Waals surface area contributed by atoms with Crippen molar-refractivity contribution in [2.24, 2.45) is 0 Å². The second-order valence-corrected chi connectivity index (χ2v) is 82.2. The van der Waals surface area contributed by atoms with Crippen LogP contribution in [0, 0.1) is 20.8 Å². The van der Waals surface area contributed by atoms with E-state index in [0.29, 0.717) is 0 Å². The Morgan fingerprint density at radius 2 is 0.437 bits per heavy atom. The van der Waals surface area contributed by atoms with Crippen LogP contribution in [0.15, 0.2) is 40.5 Å².